The number of piperidine rings is 1. The van der Waals surface area contributed by atoms with Crippen LogP contribution in [0.4, 0.5) is 13.2 Å². The van der Waals surface area contributed by atoms with Gasteiger partial charge < -0.3 is 9.84 Å². The first-order valence-corrected chi connectivity index (χ1v) is 7.59. The van der Waals surface area contributed by atoms with Crippen LogP contribution in [0.15, 0.2) is 24.3 Å². The molecule has 1 saturated heterocycles. The summed E-state index contributed by atoms with van der Waals surface area (Å²) in [6, 6.07) is 7.71. The summed E-state index contributed by atoms with van der Waals surface area (Å²) in [4.78, 5) is 2.11. The van der Waals surface area contributed by atoms with Crippen LogP contribution in [-0.4, -0.2) is 42.0 Å². The van der Waals surface area contributed by atoms with Crippen molar-refractivity contribution in [2.24, 2.45) is 5.92 Å². The van der Waals surface area contributed by atoms with Crippen molar-refractivity contribution < 1.29 is 23.0 Å². The number of hydrogen-bond donors (Lipinski definition) is 1. The van der Waals surface area contributed by atoms with Gasteiger partial charge in [-0.2, -0.15) is 13.2 Å². The molecule has 1 fully saturated rings. The Bertz CT molecular complexity index is 471. The van der Waals surface area contributed by atoms with E-state index in [1.807, 2.05) is 31.2 Å². The number of hydrogen-bond acceptors (Lipinski definition) is 3. The Morgan fingerprint density at radius 3 is 2.50 bits per heavy atom. The zero-order valence-corrected chi connectivity index (χ0v) is 12.6. The van der Waals surface area contributed by atoms with E-state index in [1.165, 1.54) is 0 Å². The molecule has 1 aromatic rings. The van der Waals surface area contributed by atoms with E-state index in [0.717, 1.165) is 11.3 Å². The Balaban J connectivity index is 1.90. The second kappa shape index (κ2) is 7.33. The molecule has 1 unspecified atom stereocenters. The first kappa shape index (κ1) is 17.1. The zero-order chi connectivity index (χ0) is 16.2. The third-order valence-corrected chi connectivity index (χ3v) is 4.08. The largest absolute Gasteiger partial charge is 0.494 e. The van der Waals surface area contributed by atoms with E-state index in [4.69, 9.17) is 4.74 Å². The zero-order valence-electron chi connectivity index (χ0n) is 12.6. The molecule has 6 heteroatoms. The molecule has 0 aliphatic carbocycles. The Morgan fingerprint density at radius 1 is 1.27 bits per heavy atom. The molecule has 0 radical (unpaired) electrons. The molecule has 1 aliphatic heterocycles. The first-order valence-electron chi connectivity index (χ1n) is 7.59. The van der Waals surface area contributed by atoms with Crippen molar-refractivity contribution in [3.8, 4) is 5.75 Å². The number of ether oxygens (including phenoxy) is 1. The van der Waals surface area contributed by atoms with Gasteiger partial charge in [0.2, 0.25) is 0 Å². The van der Waals surface area contributed by atoms with Crippen LogP contribution in [0.5, 0.6) is 5.75 Å². The Kier molecular flexibility index (Phi) is 5.69. The lowest BCUT2D eigenvalue weighted by Gasteiger charge is -2.34. The van der Waals surface area contributed by atoms with Crippen LogP contribution in [0.2, 0.25) is 0 Å². The number of halogens is 3. The average Bonchev–Trinajstić information content (AvgIpc) is 2.49. The molecule has 1 aromatic carbocycles. The number of alkyl halides is 3. The van der Waals surface area contributed by atoms with E-state index in [1.54, 1.807) is 0 Å². The molecule has 2 rings (SSSR count). The van der Waals surface area contributed by atoms with Crippen LogP contribution in [0, 0.1) is 5.92 Å². The van der Waals surface area contributed by atoms with Gasteiger partial charge in [0.1, 0.15) is 5.75 Å². The minimum Gasteiger partial charge on any atom is -0.494 e. The fraction of sp³-hybridized carbons (Fsp3) is 0.625. The highest BCUT2D eigenvalue weighted by atomic mass is 19.4. The van der Waals surface area contributed by atoms with E-state index in [2.05, 4.69) is 4.90 Å². The van der Waals surface area contributed by atoms with Crippen molar-refractivity contribution in [3.63, 3.8) is 0 Å². The molecule has 0 bridgehead atoms. The molecule has 1 aliphatic rings. The quantitative estimate of drug-likeness (QED) is 0.905. The molecule has 1 atom stereocenters. The van der Waals surface area contributed by atoms with E-state index in [0.29, 0.717) is 39.1 Å². The van der Waals surface area contributed by atoms with Gasteiger partial charge in [0.05, 0.1) is 6.61 Å². The third kappa shape index (κ3) is 4.36. The van der Waals surface area contributed by atoms with Gasteiger partial charge in [0.25, 0.3) is 0 Å². The van der Waals surface area contributed by atoms with Gasteiger partial charge in [0.15, 0.2) is 6.10 Å². The molecule has 0 spiro atoms. The lowest BCUT2D eigenvalue weighted by Crippen LogP contribution is -2.43. The summed E-state index contributed by atoms with van der Waals surface area (Å²) in [5.74, 6) is 0.126. The number of likely N-dealkylation sites (tertiary alicyclic amines) is 1. The number of rotatable bonds is 5. The highest BCUT2D eigenvalue weighted by Crippen LogP contribution is 2.32. The molecular formula is C16H22F3NO2. The molecule has 124 valence electrons. The topological polar surface area (TPSA) is 32.7 Å². The normalized spacial score (nSPS) is 19.1. The van der Waals surface area contributed by atoms with Crippen LogP contribution in [0.25, 0.3) is 0 Å². The predicted molar refractivity (Wildman–Crippen MR) is 77.7 cm³/mol. The van der Waals surface area contributed by atoms with Crippen LogP contribution in [0.1, 0.15) is 25.3 Å². The van der Waals surface area contributed by atoms with Crippen molar-refractivity contribution in [2.75, 3.05) is 19.7 Å². The van der Waals surface area contributed by atoms with Gasteiger partial charge in [-0.1, -0.05) is 18.2 Å². The summed E-state index contributed by atoms with van der Waals surface area (Å²) in [6.45, 7) is 4.26. The van der Waals surface area contributed by atoms with Gasteiger partial charge in [-0.15, -0.1) is 0 Å². The molecule has 0 saturated carbocycles. The standard InChI is InChI=1S/C16H22F3NO2/c1-2-22-14-6-4-3-5-13(14)11-20-9-7-12(8-10-20)15(21)16(17,18)19/h3-6,12,15,21H,2,7-11H2,1H3. The summed E-state index contributed by atoms with van der Waals surface area (Å²) in [5.41, 5.74) is 1.04. The van der Waals surface area contributed by atoms with Crippen molar-refractivity contribution in [2.45, 2.75) is 38.6 Å². The van der Waals surface area contributed by atoms with Gasteiger partial charge in [-0.3, -0.25) is 4.90 Å². The van der Waals surface area contributed by atoms with Crippen LogP contribution < -0.4 is 4.74 Å². The van der Waals surface area contributed by atoms with Crippen molar-refractivity contribution >= 4 is 0 Å². The number of para-hydroxylation sites is 1. The number of aliphatic hydroxyl groups excluding tert-OH is 1. The summed E-state index contributed by atoms with van der Waals surface area (Å²) in [7, 11) is 0. The first-order chi connectivity index (χ1) is 10.4. The van der Waals surface area contributed by atoms with Gasteiger partial charge in [-0.25, -0.2) is 0 Å². The Hall–Kier alpha value is -1.27. The Morgan fingerprint density at radius 2 is 1.91 bits per heavy atom. The fourth-order valence-electron chi connectivity index (χ4n) is 2.87. The second-order valence-corrected chi connectivity index (χ2v) is 5.64. The number of aliphatic hydroxyl groups is 1. The SMILES string of the molecule is CCOc1ccccc1CN1CCC(C(O)C(F)(F)F)CC1. The van der Waals surface area contributed by atoms with E-state index < -0.39 is 18.2 Å². The maximum absolute atomic E-state index is 12.5. The molecule has 1 heterocycles. The summed E-state index contributed by atoms with van der Waals surface area (Å²) in [6.07, 6.45) is -6.01. The second-order valence-electron chi connectivity index (χ2n) is 5.64. The molecule has 1 N–H and O–H groups in total. The molecule has 22 heavy (non-hydrogen) atoms. The summed E-state index contributed by atoms with van der Waals surface area (Å²) >= 11 is 0. The third-order valence-electron chi connectivity index (χ3n) is 4.08. The molecule has 3 nitrogen and oxygen atoms in total. The van der Waals surface area contributed by atoms with Crippen molar-refractivity contribution in [1.29, 1.82) is 0 Å². The predicted octanol–water partition coefficient (Wildman–Crippen LogP) is 3.22. The van der Waals surface area contributed by atoms with E-state index in [9.17, 15) is 18.3 Å². The van der Waals surface area contributed by atoms with Gasteiger partial charge >= 0.3 is 6.18 Å². The molecular weight excluding hydrogens is 295 g/mol. The van der Waals surface area contributed by atoms with Crippen LogP contribution in [-0.2, 0) is 6.54 Å². The fourth-order valence-corrected chi connectivity index (χ4v) is 2.87. The smallest absolute Gasteiger partial charge is 0.414 e. The van der Waals surface area contributed by atoms with Crippen LogP contribution in [0.3, 0.4) is 0 Å². The highest BCUT2D eigenvalue weighted by molar-refractivity contribution is 5.33. The lowest BCUT2D eigenvalue weighted by atomic mass is 9.90. The maximum Gasteiger partial charge on any atom is 0.414 e. The van der Waals surface area contributed by atoms with Crippen molar-refractivity contribution in [3.05, 3.63) is 29.8 Å². The van der Waals surface area contributed by atoms with Crippen molar-refractivity contribution in [1.82, 2.24) is 4.90 Å². The van der Waals surface area contributed by atoms with E-state index >= 15 is 0 Å². The molecule has 0 amide bonds. The number of nitrogens with zero attached hydrogens (tertiary/aromatic N) is 1. The van der Waals surface area contributed by atoms with Gasteiger partial charge in [-0.05, 0) is 44.8 Å². The van der Waals surface area contributed by atoms with E-state index in [-0.39, 0.29) is 0 Å². The average molecular weight is 317 g/mol. The minimum atomic E-state index is -4.52. The lowest BCUT2D eigenvalue weighted by molar-refractivity contribution is -0.223. The summed E-state index contributed by atoms with van der Waals surface area (Å²) < 4.78 is 43.2. The maximum atomic E-state index is 12.5. The number of benzene rings is 1. The molecule has 0 aromatic heterocycles. The van der Waals surface area contributed by atoms with Gasteiger partial charge in [0, 0.05) is 12.1 Å². The monoisotopic (exact) mass is 317 g/mol. The Labute approximate surface area is 128 Å². The highest BCUT2D eigenvalue weighted by Gasteiger charge is 2.44. The minimum absolute atomic E-state index is 0.359. The van der Waals surface area contributed by atoms with Crippen LogP contribution >= 0.6 is 0 Å². The summed E-state index contributed by atoms with van der Waals surface area (Å²) in [5, 5.41) is 9.34.